The smallest absolute Gasteiger partial charge is 0.271 e. The van der Waals surface area contributed by atoms with E-state index in [1.54, 1.807) is 12.3 Å². The number of hydrogen-bond acceptors (Lipinski definition) is 3. The lowest BCUT2D eigenvalue weighted by Gasteiger charge is -2.13. The molecule has 0 saturated carbocycles. The zero-order valence-electron chi connectivity index (χ0n) is 17.3. The van der Waals surface area contributed by atoms with E-state index in [1.807, 2.05) is 55.5 Å². The van der Waals surface area contributed by atoms with Crippen molar-refractivity contribution in [2.75, 3.05) is 0 Å². The van der Waals surface area contributed by atoms with E-state index in [-0.39, 0.29) is 5.91 Å². The molecule has 0 aromatic heterocycles. The molecule has 32 heavy (non-hydrogen) atoms. The third-order valence-electron chi connectivity index (χ3n) is 5.04. The molecule has 4 nitrogen and oxygen atoms in total. The highest BCUT2D eigenvalue weighted by Gasteiger charge is 2.11. The predicted octanol–water partition coefficient (Wildman–Crippen LogP) is 7.02. The standard InChI is InChI=1S/C26H20Br2N2O2/c1-17-7-2-4-11-21(17)26(31)30-29-15-18-13-23(27)25(24(28)14-18)32-16-20-10-6-9-19-8-3-5-12-22(19)20/h2-15H,16H2,1H3,(H,30,31)/b29-15-. The molecule has 6 heteroatoms. The third-order valence-corrected chi connectivity index (χ3v) is 6.22. The van der Waals surface area contributed by atoms with Gasteiger partial charge in [0.25, 0.3) is 5.91 Å². The molecule has 160 valence electrons. The minimum absolute atomic E-state index is 0.243. The molecule has 1 amide bonds. The maximum Gasteiger partial charge on any atom is 0.271 e. The van der Waals surface area contributed by atoms with Gasteiger partial charge in [0.15, 0.2) is 0 Å². The Morgan fingerprint density at radius 2 is 1.66 bits per heavy atom. The van der Waals surface area contributed by atoms with E-state index in [0.717, 1.165) is 25.6 Å². The largest absolute Gasteiger partial charge is 0.487 e. The van der Waals surface area contributed by atoms with Crippen LogP contribution >= 0.6 is 31.9 Å². The molecule has 0 fully saturated rings. The average Bonchev–Trinajstić information content (AvgIpc) is 2.79. The Hall–Kier alpha value is -2.96. The minimum Gasteiger partial charge on any atom is -0.487 e. The third kappa shape index (κ3) is 5.09. The molecule has 0 saturated heterocycles. The summed E-state index contributed by atoms with van der Waals surface area (Å²) in [7, 11) is 0. The van der Waals surface area contributed by atoms with Gasteiger partial charge in [0, 0.05) is 5.56 Å². The maximum atomic E-state index is 12.3. The number of halogens is 2. The first-order valence-corrected chi connectivity index (χ1v) is 11.6. The van der Waals surface area contributed by atoms with Crippen molar-refractivity contribution < 1.29 is 9.53 Å². The number of benzene rings is 4. The molecule has 0 radical (unpaired) electrons. The summed E-state index contributed by atoms with van der Waals surface area (Å²) in [5, 5.41) is 6.45. The van der Waals surface area contributed by atoms with E-state index in [2.05, 4.69) is 66.7 Å². The lowest BCUT2D eigenvalue weighted by atomic mass is 10.1. The van der Waals surface area contributed by atoms with E-state index in [0.29, 0.717) is 17.9 Å². The van der Waals surface area contributed by atoms with Crippen molar-refractivity contribution >= 4 is 54.8 Å². The fourth-order valence-corrected chi connectivity index (χ4v) is 4.86. The average molecular weight is 552 g/mol. The Balaban J connectivity index is 1.45. The van der Waals surface area contributed by atoms with Gasteiger partial charge >= 0.3 is 0 Å². The SMILES string of the molecule is Cc1ccccc1C(=O)N/N=C\c1cc(Br)c(OCc2cccc3ccccc23)c(Br)c1. The normalized spacial score (nSPS) is 11.1. The number of fused-ring (bicyclic) bond motifs is 1. The van der Waals surface area contributed by atoms with Crippen molar-refractivity contribution in [3.05, 3.63) is 110 Å². The lowest BCUT2D eigenvalue weighted by molar-refractivity contribution is 0.0954. The first kappa shape index (κ1) is 22.2. The summed E-state index contributed by atoms with van der Waals surface area (Å²) in [5.74, 6) is 0.464. The first-order valence-electron chi connectivity index (χ1n) is 10.0. The molecule has 1 N–H and O–H groups in total. The molecular weight excluding hydrogens is 532 g/mol. The fourth-order valence-electron chi connectivity index (χ4n) is 3.41. The Labute approximate surface area is 203 Å². The van der Waals surface area contributed by atoms with Crippen molar-refractivity contribution in [1.29, 1.82) is 0 Å². The van der Waals surface area contributed by atoms with Crippen LogP contribution in [0.1, 0.15) is 27.0 Å². The van der Waals surface area contributed by atoms with Gasteiger partial charge in [-0.15, -0.1) is 0 Å². The van der Waals surface area contributed by atoms with Gasteiger partial charge in [-0.1, -0.05) is 60.7 Å². The minimum atomic E-state index is -0.243. The molecule has 0 aliphatic heterocycles. The summed E-state index contributed by atoms with van der Waals surface area (Å²) in [6.07, 6.45) is 1.60. The van der Waals surface area contributed by atoms with Crippen molar-refractivity contribution in [3.63, 3.8) is 0 Å². The summed E-state index contributed by atoms with van der Waals surface area (Å²) < 4.78 is 7.70. The van der Waals surface area contributed by atoms with Gasteiger partial charge in [0.1, 0.15) is 12.4 Å². The van der Waals surface area contributed by atoms with Crippen LogP contribution in [-0.2, 0) is 6.61 Å². The Morgan fingerprint density at radius 1 is 0.969 bits per heavy atom. The molecule has 0 aliphatic carbocycles. The van der Waals surface area contributed by atoms with Crippen LogP contribution in [0.2, 0.25) is 0 Å². The maximum absolute atomic E-state index is 12.3. The van der Waals surface area contributed by atoms with Gasteiger partial charge in [-0.3, -0.25) is 4.79 Å². The summed E-state index contributed by atoms with van der Waals surface area (Å²) >= 11 is 7.17. The van der Waals surface area contributed by atoms with Crippen molar-refractivity contribution in [1.82, 2.24) is 5.43 Å². The van der Waals surface area contributed by atoms with Gasteiger partial charge in [0.05, 0.1) is 15.2 Å². The Morgan fingerprint density at radius 3 is 2.44 bits per heavy atom. The number of hydrazone groups is 1. The molecule has 0 aliphatic rings. The van der Waals surface area contributed by atoms with E-state index in [9.17, 15) is 4.79 Å². The van der Waals surface area contributed by atoms with Crippen LogP contribution in [0.5, 0.6) is 5.75 Å². The topological polar surface area (TPSA) is 50.7 Å². The van der Waals surface area contributed by atoms with Crippen LogP contribution < -0.4 is 10.2 Å². The highest BCUT2D eigenvalue weighted by molar-refractivity contribution is 9.11. The van der Waals surface area contributed by atoms with Gasteiger partial charge in [-0.25, -0.2) is 5.43 Å². The number of aryl methyl sites for hydroxylation is 1. The van der Waals surface area contributed by atoms with E-state index >= 15 is 0 Å². The summed E-state index contributed by atoms with van der Waals surface area (Å²) in [6, 6.07) is 25.6. The molecule has 0 atom stereocenters. The second-order valence-corrected chi connectivity index (χ2v) is 8.96. The molecule has 0 spiro atoms. The van der Waals surface area contributed by atoms with Crippen LogP contribution in [0, 0.1) is 6.92 Å². The van der Waals surface area contributed by atoms with Gasteiger partial charge < -0.3 is 4.74 Å². The van der Waals surface area contributed by atoms with Crippen LogP contribution in [-0.4, -0.2) is 12.1 Å². The van der Waals surface area contributed by atoms with Crippen molar-refractivity contribution in [2.24, 2.45) is 5.10 Å². The van der Waals surface area contributed by atoms with Crippen LogP contribution in [0.3, 0.4) is 0 Å². The number of nitrogens with zero attached hydrogens (tertiary/aromatic N) is 1. The number of carbonyl (C=O) groups is 1. The predicted molar refractivity (Wildman–Crippen MR) is 136 cm³/mol. The molecule has 4 rings (SSSR count). The zero-order chi connectivity index (χ0) is 22.5. The van der Waals surface area contributed by atoms with E-state index < -0.39 is 0 Å². The Bertz CT molecular complexity index is 1290. The number of hydrogen-bond donors (Lipinski definition) is 1. The van der Waals surface area contributed by atoms with Gasteiger partial charge in [0.2, 0.25) is 0 Å². The van der Waals surface area contributed by atoms with Crippen LogP contribution in [0.25, 0.3) is 10.8 Å². The number of carbonyl (C=O) groups excluding carboxylic acids is 1. The second-order valence-electron chi connectivity index (χ2n) is 7.25. The summed E-state index contributed by atoms with van der Waals surface area (Å²) in [6.45, 7) is 2.34. The molecule has 0 heterocycles. The van der Waals surface area contributed by atoms with Crippen LogP contribution in [0.15, 0.2) is 92.9 Å². The molecule has 0 unspecified atom stereocenters. The molecular formula is C26H20Br2N2O2. The first-order chi connectivity index (χ1) is 15.5. The number of ether oxygens (including phenoxy) is 1. The molecule has 4 aromatic rings. The monoisotopic (exact) mass is 550 g/mol. The van der Waals surface area contributed by atoms with Gasteiger partial charge in [-0.2, -0.15) is 5.10 Å². The highest BCUT2D eigenvalue weighted by Crippen LogP contribution is 2.35. The number of nitrogens with one attached hydrogen (secondary N) is 1. The molecule has 4 aromatic carbocycles. The quantitative estimate of drug-likeness (QED) is 0.207. The highest BCUT2D eigenvalue weighted by atomic mass is 79.9. The number of amides is 1. The zero-order valence-corrected chi connectivity index (χ0v) is 20.5. The second kappa shape index (κ2) is 10.1. The van der Waals surface area contributed by atoms with E-state index in [4.69, 9.17) is 4.74 Å². The number of rotatable bonds is 6. The fraction of sp³-hybridized carbons (Fsp3) is 0.0769. The summed E-state index contributed by atoms with van der Waals surface area (Å²) in [4.78, 5) is 12.3. The van der Waals surface area contributed by atoms with Crippen molar-refractivity contribution in [2.45, 2.75) is 13.5 Å². The van der Waals surface area contributed by atoms with Crippen LogP contribution in [0.4, 0.5) is 0 Å². The van der Waals surface area contributed by atoms with E-state index in [1.165, 1.54) is 10.8 Å². The lowest BCUT2D eigenvalue weighted by Crippen LogP contribution is -2.18. The Kier molecular flexibility index (Phi) is 7.02. The van der Waals surface area contributed by atoms with Crippen molar-refractivity contribution in [3.8, 4) is 5.75 Å². The van der Waals surface area contributed by atoms with Gasteiger partial charge in [-0.05, 0) is 84.4 Å². The summed E-state index contributed by atoms with van der Waals surface area (Å²) in [5.41, 5.74) is 6.01. The molecule has 0 bridgehead atoms.